The highest BCUT2D eigenvalue weighted by molar-refractivity contribution is 7.90. The van der Waals surface area contributed by atoms with E-state index in [0.717, 1.165) is 5.69 Å². The fourth-order valence-corrected chi connectivity index (χ4v) is 1.39. The van der Waals surface area contributed by atoms with Crippen molar-refractivity contribution in [2.24, 2.45) is 0 Å². The predicted molar refractivity (Wildman–Crippen MR) is 50.5 cm³/mol. The molecule has 1 N–H and O–H groups in total. The summed E-state index contributed by atoms with van der Waals surface area (Å²) in [5, 5.41) is 10.2. The molecule has 1 rings (SSSR count). The number of rotatable bonds is 5. The Morgan fingerprint density at radius 2 is 2.14 bits per heavy atom. The number of sulfone groups is 1. The van der Waals surface area contributed by atoms with Crippen LogP contribution in [0.3, 0.4) is 0 Å². The van der Waals surface area contributed by atoms with Crippen LogP contribution in [0.15, 0.2) is 4.63 Å². The van der Waals surface area contributed by atoms with Crippen molar-refractivity contribution >= 4 is 9.84 Å². The third-order valence-electron chi connectivity index (χ3n) is 1.69. The zero-order valence-electron chi connectivity index (χ0n) is 8.15. The van der Waals surface area contributed by atoms with Gasteiger partial charge in [-0.2, -0.15) is 0 Å². The van der Waals surface area contributed by atoms with Crippen molar-refractivity contribution < 1.29 is 13.0 Å². The Bertz CT molecular complexity index is 385. The molecule has 0 aliphatic carbocycles. The van der Waals surface area contributed by atoms with Gasteiger partial charge in [-0.1, -0.05) is 10.3 Å². The van der Waals surface area contributed by atoms with Gasteiger partial charge in [-0.25, -0.2) is 13.0 Å². The molecule has 6 nitrogen and oxygen atoms in total. The van der Waals surface area contributed by atoms with Gasteiger partial charge in [-0.15, -0.1) is 0 Å². The van der Waals surface area contributed by atoms with E-state index in [4.69, 9.17) is 0 Å². The van der Waals surface area contributed by atoms with Gasteiger partial charge in [-0.05, 0) is 6.92 Å². The minimum Gasteiger partial charge on any atom is -0.310 e. The number of nitrogens with zero attached hydrogens (tertiary/aromatic N) is 2. The average molecular weight is 219 g/mol. The summed E-state index contributed by atoms with van der Waals surface area (Å²) in [7, 11) is -2.90. The standard InChI is InChI=1S/C7H13N3O3S/c1-6-7(10-13-9-6)5-8-3-4-14(2,11)12/h8H,3-5H2,1-2H3. The van der Waals surface area contributed by atoms with Crippen molar-refractivity contribution in [2.75, 3.05) is 18.6 Å². The molecule has 0 saturated heterocycles. The Balaban J connectivity index is 2.26. The van der Waals surface area contributed by atoms with Crippen LogP contribution >= 0.6 is 0 Å². The maximum atomic E-state index is 10.8. The molecule has 0 aliphatic rings. The monoisotopic (exact) mass is 219 g/mol. The number of aryl methyl sites for hydroxylation is 1. The molecule has 0 aromatic carbocycles. The number of aromatic nitrogens is 2. The van der Waals surface area contributed by atoms with Gasteiger partial charge in [0.25, 0.3) is 0 Å². The van der Waals surface area contributed by atoms with E-state index >= 15 is 0 Å². The maximum absolute atomic E-state index is 10.8. The van der Waals surface area contributed by atoms with E-state index in [1.165, 1.54) is 6.26 Å². The summed E-state index contributed by atoms with van der Waals surface area (Å²) >= 11 is 0. The first-order chi connectivity index (χ1) is 6.49. The molecule has 0 amide bonds. The van der Waals surface area contributed by atoms with Crippen molar-refractivity contribution in [3.63, 3.8) is 0 Å². The largest absolute Gasteiger partial charge is 0.310 e. The number of nitrogens with one attached hydrogen (secondary N) is 1. The number of hydrogen-bond acceptors (Lipinski definition) is 6. The molecular formula is C7H13N3O3S. The van der Waals surface area contributed by atoms with Gasteiger partial charge in [0.1, 0.15) is 21.2 Å². The lowest BCUT2D eigenvalue weighted by atomic mass is 10.3. The van der Waals surface area contributed by atoms with Crippen LogP contribution in [-0.2, 0) is 16.4 Å². The van der Waals surface area contributed by atoms with E-state index < -0.39 is 9.84 Å². The minimum atomic E-state index is -2.90. The molecule has 1 aromatic heterocycles. The highest BCUT2D eigenvalue weighted by Gasteiger charge is 2.05. The van der Waals surface area contributed by atoms with Gasteiger partial charge in [0, 0.05) is 19.3 Å². The van der Waals surface area contributed by atoms with Crippen LogP contribution in [-0.4, -0.2) is 37.3 Å². The molecule has 80 valence electrons. The van der Waals surface area contributed by atoms with Crippen molar-refractivity contribution in [1.82, 2.24) is 15.6 Å². The van der Waals surface area contributed by atoms with Gasteiger partial charge in [0.2, 0.25) is 0 Å². The average Bonchev–Trinajstić information content (AvgIpc) is 2.44. The summed E-state index contributed by atoms with van der Waals surface area (Å²) in [5.41, 5.74) is 1.43. The lowest BCUT2D eigenvalue weighted by Gasteiger charge is -2.00. The van der Waals surface area contributed by atoms with Crippen LogP contribution in [0.1, 0.15) is 11.4 Å². The summed E-state index contributed by atoms with van der Waals surface area (Å²) in [5.74, 6) is 0.122. The smallest absolute Gasteiger partial charge is 0.148 e. The van der Waals surface area contributed by atoms with E-state index in [-0.39, 0.29) is 5.75 Å². The fraction of sp³-hybridized carbons (Fsp3) is 0.714. The van der Waals surface area contributed by atoms with Crippen LogP contribution in [0.2, 0.25) is 0 Å². The molecule has 1 aromatic rings. The van der Waals surface area contributed by atoms with Gasteiger partial charge in [-0.3, -0.25) is 0 Å². The second-order valence-electron chi connectivity index (χ2n) is 3.10. The first-order valence-corrected chi connectivity index (χ1v) is 6.21. The van der Waals surface area contributed by atoms with E-state index in [1.807, 2.05) is 0 Å². The predicted octanol–water partition coefficient (Wildman–Crippen LogP) is -0.488. The number of hydrogen-bond donors (Lipinski definition) is 1. The van der Waals surface area contributed by atoms with Crippen LogP contribution in [0, 0.1) is 6.92 Å². The molecule has 14 heavy (non-hydrogen) atoms. The molecule has 0 bridgehead atoms. The fourth-order valence-electron chi connectivity index (χ4n) is 0.874. The van der Waals surface area contributed by atoms with E-state index in [2.05, 4.69) is 20.3 Å². The van der Waals surface area contributed by atoms with Gasteiger partial charge < -0.3 is 5.32 Å². The zero-order chi connectivity index (χ0) is 10.6. The second kappa shape index (κ2) is 4.52. The molecular weight excluding hydrogens is 206 g/mol. The van der Waals surface area contributed by atoms with Crippen molar-refractivity contribution in [3.8, 4) is 0 Å². The summed E-state index contributed by atoms with van der Waals surface area (Å²) in [6.07, 6.45) is 1.21. The second-order valence-corrected chi connectivity index (χ2v) is 5.36. The normalized spacial score (nSPS) is 11.9. The Morgan fingerprint density at radius 3 is 2.64 bits per heavy atom. The lowest BCUT2D eigenvalue weighted by Crippen LogP contribution is -2.22. The first kappa shape index (κ1) is 11.1. The zero-order valence-corrected chi connectivity index (χ0v) is 8.97. The van der Waals surface area contributed by atoms with Gasteiger partial charge >= 0.3 is 0 Å². The summed E-state index contributed by atoms with van der Waals surface area (Å²) in [6, 6.07) is 0. The minimum absolute atomic E-state index is 0.122. The molecule has 0 spiro atoms. The summed E-state index contributed by atoms with van der Waals surface area (Å²) in [6.45, 7) is 2.67. The molecule has 0 fully saturated rings. The molecule has 0 radical (unpaired) electrons. The molecule has 1 heterocycles. The van der Waals surface area contributed by atoms with Crippen LogP contribution < -0.4 is 5.32 Å². The third kappa shape index (κ3) is 3.84. The molecule has 0 unspecified atom stereocenters. The third-order valence-corrected chi connectivity index (χ3v) is 2.63. The van der Waals surface area contributed by atoms with Gasteiger partial charge in [0.15, 0.2) is 0 Å². The summed E-state index contributed by atoms with van der Waals surface area (Å²) < 4.78 is 26.0. The first-order valence-electron chi connectivity index (χ1n) is 4.15. The van der Waals surface area contributed by atoms with Crippen molar-refractivity contribution in [2.45, 2.75) is 13.5 Å². The van der Waals surface area contributed by atoms with E-state index in [0.29, 0.717) is 18.8 Å². The van der Waals surface area contributed by atoms with Crippen LogP contribution in [0.4, 0.5) is 0 Å². The quantitative estimate of drug-likeness (QED) is 0.673. The molecule has 7 heteroatoms. The molecule has 0 atom stereocenters. The Kier molecular flexibility index (Phi) is 3.59. The lowest BCUT2D eigenvalue weighted by molar-refractivity contribution is 0.300. The van der Waals surface area contributed by atoms with Gasteiger partial charge in [0.05, 0.1) is 5.75 Å². The van der Waals surface area contributed by atoms with Crippen LogP contribution in [0.25, 0.3) is 0 Å². The maximum Gasteiger partial charge on any atom is 0.148 e. The molecule has 0 saturated carbocycles. The van der Waals surface area contributed by atoms with Crippen molar-refractivity contribution in [1.29, 1.82) is 0 Å². The van der Waals surface area contributed by atoms with E-state index in [1.54, 1.807) is 6.92 Å². The Morgan fingerprint density at radius 1 is 1.43 bits per heavy atom. The SMILES string of the molecule is Cc1nonc1CNCCS(C)(=O)=O. The highest BCUT2D eigenvalue weighted by Crippen LogP contribution is 1.98. The highest BCUT2D eigenvalue weighted by atomic mass is 32.2. The Labute approximate surface area is 82.6 Å². The van der Waals surface area contributed by atoms with E-state index in [9.17, 15) is 8.42 Å². The Hall–Kier alpha value is -0.950. The molecule has 0 aliphatic heterocycles. The van der Waals surface area contributed by atoms with Crippen molar-refractivity contribution in [3.05, 3.63) is 11.4 Å². The topological polar surface area (TPSA) is 85.1 Å². The summed E-state index contributed by atoms with van der Waals surface area (Å²) in [4.78, 5) is 0. The van der Waals surface area contributed by atoms with Crippen LogP contribution in [0.5, 0.6) is 0 Å².